The predicted molar refractivity (Wildman–Crippen MR) is 39.2 cm³/mol. The molecule has 0 saturated heterocycles. The molecule has 1 fully saturated rings. The summed E-state index contributed by atoms with van der Waals surface area (Å²) >= 11 is 0. The van der Waals surface area contributed by atoms with E-state index in [1.165, 1.54) is 12.8 Å². The van der Waals surface area contributed by atoms with E-state index in [1.807, 2.05) is 0 Å². The molecule has 0 aromatic rings. The molecule has 2 nitrogen and oxygen atoms in total. The Morgan fingerprint density at radius 2 is 2.22 bits per heavy atom. The maximum atomic E-state index is 5.33. The van der Waals surface area contributed by atoms with Crippen LogP contribution in [0.2, 0.25) is 0 Å². The maximum absolute atomic E-state index is 5.33. The van der Waals surface area contributed by atoms with Gasteiger partial charge in [0.1, 0.15) is 0 Å². The fourth-order valence-corrected chi connectivity index (χ4v) is 1.36. The molecule has 3 N–H and O–H groups in total. The Balaban J connectivity index is 1.91. The van der Waals surface area contributed by atoms with Crippen molar-refractivity contribution in [3.63, 3.8) is 0 Å². The first-order valence-corrected chi connectivity index (χ1v) is 3.76. The highest BCUT2D eigenvalue weighted by Crippen LogP contribution is 2.25. The standard InChI is InChI=1S/C7H16N2/c1-6-4-7(5-6)9-3-2-8/h6-7,9H,2-5,8H2,1H3. The second-order valence-electron chi connectivity index (χ2n) is 3.02. The van der Waals surface area contributed by atoms with E-state index in [9.17, 15) is 0 Å². The molecule has 1 saturated carbocycles. The van der Waals surface area contributed by atoms with Gasteiger partial charge in [-0.05, 0) is 18.8 Å². The summed E-state index contributed by atoms with van der Waals surface area (Å²) in [4.78, 5) is 0. The third-order valence-electron chi connectivity index (χ3n) is 1.95. The molecule has 0 atom stereocenters. The van der Waals surface area contributed by atoms with Crippen LogP contribution in [-0.4, -0.2) is 19.1 Å². The second kappa shape index (κ2) is 3.18. The lowest BCUT2D eigenvalue weighted by atomic mass is 9.82. The van der Waals surface area contributed by atoms with E-state index < -0.39 is 0 Å². The largest absolute Gasteiger partial charge is 0.329 e. The first-order chi connectivity index (χ1) is 4.33. The van der Waals surface area contributed by atoms with Gasteiger partial charge in [-0.1, -0.05) is 6.92 Å². The normalized spacial score (nSPS) is 34.0. The third kappa shape index (κ3) is 1.95. The lowest BCUT2D eigenvalue weighted by Crippen LogP contribution is -2.42. The molecular formula is C7H16N2. The first kappa shape index (κ1) is 7.03. The number of hydrogen-bond donors (Lipinski definition) is 2. The Bertz CT molecular complexity index is 77.0. The minimum Gasteiger partial charge on any atom is -0.329 e. The van der Waals surface area contributed by atoms with Crippen LogP contribution in [0.25, 0.3) is 0 Å². The maximum Gasteiger partial charge on any atom is 0.00770 e. The minimum absolute atomic E-state index is 0.769. The summed E-state index contributed by atoms with van der Waals surface area (Å²) in [7, 11) is 0. The van der Waals surface area contributed by atoms with E-state index in [0.29, 0.717) is 0 Å². The smallest absolute Gasteiger partial charge is 0.00770 e. The zero-order chi connectivity index (χ0) is 6.69. The van der Waals surface area contributed by atoms with Gasteiger partial charge >= 0.3 is 0 Å². The number of rotatable bonds is 3. The topological polar surface area (TPSA) is 38.0 Å². The van der Waals surface area contributed by atoms with Crippen molar-refractivity contribution >= 4 is 0 Å². The number of nitrogens with one attached hydrogen (secondary N) is 1. The van der Waals surface area contributed by atoms with Crippen LogP contribution in [0.4, 0.5) is 0 Å². The Morgan fingerprint density at radius 3 is 2.67 bits per heavy atom. The van der Waals surface area contributed by atoms with Gasteiger partial charge in [0, 0.05) is 19.1 Å². The van der Waals surface area contributed by atoms with Crippen molar-refractivity contribution < 1.29 is 0 Å². The molecule has 0 aliphatic heterocycles. The SMILES string of the molecule is CC1CC(NCCN)C1. The molecule has 1 aliphatic carbocycles. The van der Waals surface area contributed by atoms with Gasteiger partial charge in [0.15, 0.2) is 0 Å². The summed E-state index contributed by atoms with van der Waals surface area (Å²) in [6, 6.07) is 0.781. The highest BCUT2D eigenvalue weighted by Gasteiger charge is 2.23. The lowest BCUT2D eigenvalue weighted by molar-refractivity contribution is 0.244. The predicted octanol–water partition coefficient (Wildman–Crippen LogP) is 0.333. The average molecular weight is 128 g/mol. The molecule has 0 aromatic heterocycles. The van der Waals surface area contributed by atoms with Crippen molar-refractivity contribution in [2.45, 2.75) is 25.8 Å². The summed E-state index contributed by atoms with van der Waals surface area (Å²) in [5, 5.41) is 3.37. The summed E-state index contributed by atoms with van der Waals surface area (Å²) in [5.74, 6) is 0.945. The molecular weight excluding hydrogens is 112 g/mol. The molecule has 0 unspecified atom stereocenters. The van der Waals surface area contributed by atoms with Crippen LogP contribution in [0, 0.1) is 5.92 Å². The Hall–Kier alpha value is -0.0800. The molecule has 2 heteroatoms. The summed E-state index contributed by atoms with van der Waals surface area (Å²) in [6.07, 6.45) is 2.69. The van der Waals surface area contributed by atoms with Crippen molar-refractivity contribution in [2.75, 3.05) is 13.1 Å². The molecule has 54 valence electrons. The molecule has 0 aromatic carbocycles. The molecule has 1 aliphatic rings. The molecule has 0 bridgehead atoms. The highest BCUT2D eigenvalue weighted by atomic mass is 14.9. The van der Waals surface area contributed by atoms with E-state index in [4.69, 9.17) is 5.73 Å². The van der Waals surface area contributed by atoms with Crippen LogP contribution in [0.1, 0.15) is 19.8 Å². The van der Waals surface area contributed by atoms with Gasteiger partial charge < -0.3 is 11.1 Å². The van der Waals surface area contributed by atoms with Crippen LogP contribution in [0.3, 0.4) is 0 Å². The van der Waals surface area contributed by atoms with E-state index in [-0.39, 0.29) is 0 Å². The fourth-order valence-electron chi connectivity index (χ4n) is 1.36. The molecule has 0 radical (unpaired) electrons. The zero-order valence-electron chi connectivity index (χ0n) is 6.06. The van der Waals surface area contributed by atoms with Gasteiger partial charge in [0.25, 0.3) is 0 Å². The molecule has 0 heterocycles. The van der Waals surface area contributed by atoms with Gasteiger partial charge in [-0.3, -0.25) is 0 Å². The summed E-state index contributed by atoms with van der Waals surface area (Å²) < 4.78 is 0. The van der Waals surface area contributed by atoms with Gasteiger partial charge in [-0.15, -0.1) is 0 Å². The summed E-state index contributed by atoms with van der Waals surface area (Å²) in [6.45, 7) is 4.04. The monoisotopic (exact) mass is 128 g/mol. The third-order valence-corrected chi connectivity index (χ3v) is 1.95. The van der Waals surface area contributed by atoms with Gasteiger partial charge in [0.05, 0.1) is 0 Å². The molecule has 9 heavy (non-hydrogen) atoms. The average Bonchev–Trinajstić information content (AvgIpc) is 1.78. The lowest BCUT2D eigenvalue weighted by Gasteiger charge is -2.33. The minimum atomic E-state index is 0.769. The van der Waals surface area contributed by atoms with Gasteiger partial charge in [0.2, 0.25) is 0 Å². The Kier molecular flexibility index (Phi) is 2.49. The van der Waals surface area contributed by atoms with Crippen molar-refractivity contribution in [3.8, 4) is 0 Å². The Morgan fingerprint density at radius 1 is 1.56 bits per heavy atom. The highest BCUT2D eigenvalue weighted by molar-refractivity contribution is 4.81. The number of hydrogen-bond acceptors (Lipinski definition) is 2. The molecule has 0 amide bonds. The fraction of sp³-hybridized carbons (Fsp3) is 1.00. The quantitative estimate of drug-likeness (QED) is 0.575. The second-order valence-corrected chi connectivity index (χ2v) is 3.02. The van der Waals surface area contributed by atoms with Crippen LogP contribution in [0.5, 0.6) is 0 Å². The van der Waals surface area contributed by atoms with Gasteiger partial charge in [-0.25, -0.2) is 0 Å². The van der Waals surface area contributed by atoms with Crippen LogP contribution < -0.4 is 11.1 Å². The molecule has 1 rings (SSSR count). The first-order valence-electron chi connectivity index (χ1n) is 3.76. The molecule has 0 spiro atoms. The van der Waals surface area contributed by atoms with Crippen LogP contribution in [0.15, 0.2) is 0 Å². The van der Waals surface area contributed by atoms with Crippen molar-refractivity contribution in [1.82, 2.24) is 5.32 Å². The van der Waals surface area contributed by atoms with Crippen molar-refractivity contribution in [1.29, 1.82) is 0 Å². The van der Waals surface area contributed by atoms with Gasteiger partial charge in [-0.2, -0.15) is 0 Å². The van der Waals surface area contributed by atoms with E-state index in [0.717, 1.165) is 25.0 Å². The van der Waals surface area contributed by atoms with E-state index >= 15 is 0 Å². The zero-order valence-corrected chi connectivity index (χ0v) is 6.06. The summed E-state index contributed by atoms with van der Waals surface area (Å²) in [5.41, 5.74) is 5.33. The Labute approximate surface area is 56.8 Å². The van der Waals surface area contributed by atoms with Crippen LogP contribution >= 0.6 is 0 Å². The van der Waals surface area contributed by atoms with E-state index in [2.05, 4.69) is 12.2 Å². The van der Waals surface area contributed by atoms with Crippen LogP contribution in [-0.2, 0) is 0 Å². The number of nitrogens with two attached hydrogens (primary N) is 1. The van der Waals surface area contributed by atoms with Crippen molar-refractivity contribution in [3.05, 3.63) is 0 Å². The van der Waals surface area contributed by atoms with E-state index in [1.54, 1.807) is 0 Å². The van der Waals surface area contributed by atoms with Crippen molar-refractivity contribution in [2.24, 2.45) is 11.7 Å².